The van der Waals surface area contributed by atoms with Gasteiger partial charge >= 0.3 is 0 Å². The highest BCUT2D eigenvalue weighted by Crippen LogP contribution is 2.24. The number of imidazole rings is 1. The highest BCUT2D eigenvalue weighted by atomic mass is 15.1. The lowest BCUT2D eigenvalue weighted by Crippen LogP contribution is -2.10. The highest BCUT2D eigenvalue weighted by Gasteiger charge is 2.10. The first-order valence-corrected chi connectivity index (χ1v) is 8.35. The Labute approximate surface area is 144 Å². The molecule has 124 valence electrons. The van der Waals surface area contributed by atoms with Crippen molar-refractivity contribution in [1.29, 1.82) is 0 Å². The van der Waals surface area contributed by atoms with Crippen LogP contribution in [0.2, 0.25) is 0 Å². The topological polar surface area (TPSA) is 21.1 Å². The zero-order chi connectivity index (χ0) is 17.1. The van der Waals surface area contributed by atoms with Crippen molar-refractivity contribution in [3.63, 3.8) is 0 Å². The number of nitrogens with zero attached hydrogens (tertiary/aromatic N) is 3. The first-order valence-electron chi connectivity index (χ1n) is 8.35. The number of aryl methyl sites for hydroxylation is 1. The Hall–Kier alpha value is -2.39. The molecule has 0 aliphatic heterocycles. The molecule has 3 aromatic rings. The maximum Gasteiger partial charge on any atom is 0.140 e. The van der Waals surface area contributed by atoms with Gasteiger partial charge in [-0.15, -0.1) is 0 Å². The molecule has 24 heavy (non-hydrogen) atoms. The molecule has 0 spiro atoms. The molecule has 3 nitrogen and oxygen atoms in total. The van der Waals surface area contributed by atoms with E-state index in [0.29, 0.717) is 0 Å². The van der Waals surface area contributed by atoms with Gasteiger partial charge in [-0.1, -0.05) is 42.5 Å². The summed E-state index contributed by atoms with van der Waals surface area (Å²) in [6.45, 7) is 6.12. The first-order chi connectivity index (χ1) is 11.5. The number of rotatable bonds is 5. The lowest BCUT2D eigenvalue weighted by Gasteiger charge is -2.13. The Morgan fingerprint density at radius 1 is 0.958 bits per heavy atom. The molecular formula is C21H25N3. The molecule has 0 aliphatic carbocycles. The van der Waals surface area contributed by atoms with E-state index in [-0.39, 0.29) is 0 Å². The molecule has 0 saturated heterocycles. The number of hydrogen-bond donors (Lipinski definition) is 0. The summed E-state index contributed by atoms with van der Waals surface area (Å²) < 4.78 is 2.22. The summed E-state index contributed by atoms with van der Waals surface area (Å²) >= 11 is 0. The van der Waals surface area contributed by atoms with Crippen LogP contribution in [0.5, 0.6) is 0 Å². The monoisotopic (exact) mass is 319 g/mol. The van der Waals surface area contributed by atoms with Crippen LogP contribution in [-0.4, -0.2) is 28.5 Å². The third-order valence-corrected chi connectivity index (χ3v) is 4.44. The number of hydrogen-bond acceptors (Lipinski definition) is 2. The number of aromatic nitrogens is 2. The van der Waals surface area contributed by atoms with Gasteiger partial charge in [0.25, 0.3) is 0 Å². The van der Waals surface area contributed by atoms with E-state index in [9.17, 15) is 0 Å². The Morgan fingerprint density at radius 2 is 1.67 bits per heavy atom. The quantitative estimate of drug-likeness (QED) is 0.700. The normalized spacial score (nSPS) is 11.2. The summed E-state index contributed by atoms with van der Waals surface area (Å²) in [4.78, 5) is 6.78. The summed E-state index contributed by atoms with van der Waals surface area (Å²) in [6.07, 6.45) is 3.95. The Kier molecular flexibility index (Phi) is 4.81. The van der Waals surface area contributed by atoms with Crippen LogP contribution in [0.1, 0.15) is 22.3 Å². The van der Waals surface area contributed by atoms with E-state index in [4.69, 9.17) is 0 Å². The average molecular weight is 319 g/mol. The minimum absolute atomic E-state index is 0.838. The molecule has 1 heterocycles. The zero-order valence-electron chi connectivity index (χ0n) is 15.0. The molecule has 2 aromatic carbocycles. The second-order valence-electron chi connectivity index (χ2n) is 6.68. The summed E-state index contributed by atoms with van der Waals surface area (Å²) in [7, 11) is 4.19. The standard InChI is InChI=1S/C21H25N3/c1-16-6-5-7-20(17(16)2)21-22-12-13-24(21)15-19-10-8-18(9-11-19)14-23(3)4/h5-13H,14-15H2,1-4H3. The van der Waals surface area contributed by atoms with Crippen LogP contribution in [0, 0.1) is 13.8 Å². The van der Waals surface area contributed by atoms with E-state index in [0.717, 1.165) is 18.9 Å². The second kappa shape index (κ2) is 7.02. The van der Waals surface area contributed by atoms with Crippen molar-refractivity contribution in [2.24, 2.45) is 0 Å². The van der Waals surface area contributed by atoms with Gasteiger partial charge in [0.1, 0.15) is 5.82 Å². The van der Waals surface area contributed by atoms with Crippen molar-refractivity contribution < 1.29 is 0 Å². The summed E-state index contributed by atoms with van der Waals surface area (Å²) in [5.74, 6) is 1.04. The van der Waals surface area contributed by atoms with E-state index in [1.165, 1.54) is 27.8 Å². The Bertz CT molecular complexity index is 813. The molecule has 3 heteroatoms. The van der Waals surface area contributed by atoms with Crippen molar-refractivity contribution >= 4 is 0 Å². The Morgan fingerprint density at radius 3 is 2.38 bits per heavy atom. The molecule has 1 aromatic heterocycles. The SMILES string of the molecule is Cc1cccc(-c2nccn2Cc2ccc(CN(C)C)cc2)c1C. The smallest absolute Gasteiger partial charge is 0.140 e. The fraction of sp³-hybridized carbons (Fsp3) is 0.286. The largest absolute Gasteiger partial charge is 0.327 e. The van der Waals surface area contributed by atoms with Crippen LogP contribution in [0.3, 0.4) is 0 Å². The molecule has 0 bridgehead atoms. The summed E-state index contributed by atoms with van der Waals surface area (Å²) in [5, 5.41) is 0. The second-order valence-corrected chi connectivity index (χ2v) is 6.68. The summed E-state index contributed by atoms with van der Waals surface area (Å²) in [5.41, 5.74) is 6.44. The fourth-order valence-electron chi connectivity index (χ4n) is 2.99. The first kappa shape index (κ1) is 16.5. The van der Waals surface area contributed by atoms with Crippen molar-refractivity contribution in [2.75, 3.05) is 14.1 Å². The molecule has 0 saturated carbocycles. The van der Waals surface area contributed by atoms with Gasteiger partial charge in [-0.2, -0.15) is 0 Å². The van der Waals surface area contributed by atoms with Gasteiger partial charge in [-0.05, 0) is 50.2 Å². The zero-order valence-corrected chi connectivity index (χ0v) is 15.0. The van der Waals surface area contributed by atoms with Crippen LogP contribution in [0.4, 0.5) is 0 Å². The Balaban J connectivity index is 1.85. The van der Waals surface area contributed by atoms with Gasteiger partial charge in [0.2, 0.25) is 0 Å². The molecule has 0 amide bonds. The third kappa shape index (κ3) is 3.57. The molecule has 0 atom stereocenters. The van der Waals surface area contributed by atoms with Gasteiger partial charge in [0, 0.05) is 31.0 Å². The van der Waals surface area contributed by atoms with Gasteiger partial charge in [0.05, 0.1) is 0 Å². The average Bonchev–Trinajstić information content (AvgIpc) is 2.99. The molecule has 3 rings (SSSR count). The number of benzene rings is 2. The molecule has 0 radical (unpaired) electrons. The molecule has 0 fully saturated rings. The predicted octanol–water partition coefficient (Wildman–Crippen LogP) is 4.28. The van der Waals surface area contributed by atoms with E-state index < -0.39 is 0 Å². The van der Waals surface area contributed by atoms with Crippen LogP contribution < -0.4 is 0 Å². The lowest BCUT2D eigenvalue weighted by molar-refractivity contribution is 0.402. The molecule has 0 N–H and O–H groups in total. The van der Waals surface area contributed by atoms with Crippen molar-refractivity contribution in [2.45, 2.75) is 26.9 Å². The van der Waals surface area contributed by atoms with Crippen molar-refractivity contribution in [3.8, 4) is 11.4 Å². The van der Waals surface area contributed by atoms with Gasteiger partial charge in [-0.25, -0.2) is 4.98 Å². The van der Waals surface area contributed by atoms with E-state index in [1.807, 2.05) is 6.20 Å². The minimum Gasteiger partial charge on any atom is -0.327 e. The minimum atomic E-state index is 0.838. The van der Waals surface area contributed by atoms with E-state index in [2.05, 4.69) is 91.1 Å². The fourth-order valence-corrected chi connectivity index (χ4v) is 2.99. The summed E-state index contributed by atoms with van der Waals surface area (Å²) in [6, 6.07) is 15.3. The highest BCUT2D eigenvalue weighted by molar-refractivity contribution is 5.62. The van der Waals surface area contributed by atoms with Gasteiger partial charge < -0.3 is 9.47 Å². The van der Waals surface area contributed by atoms with Gasteiger partial charge in [0.15, 0.2) is 0 Å². The third-order valence-electron chi connectivity index (χ3n) is 4.44. The predicted molar refractivity (Wildman–Crippen MR) is 100 cm³/mol. The maximum absolute atomic E-state index is 4.60. The van der Waals surface area contributed by atoms with Crippen molar-refractivity contribution in [1.82, 2.24) is 14.5 Å². The van der Waals surface area contributed by atoms with Crippen LogP contribution in [0.25, 0.3) is 11.4 Å². The molecule has 0 unspecified atom stereocenters. The van der Waals surface area contributed by atoms with E-state index in [1.54, 1.807) is 0 Å². The van der Waals surface area contributed by atoms with Crippen LogP contribution >= 0.6 is 0 Å². The van der Waals surface area contributed by atoms with Crippen LogP contribution in [-0.2, 0) is 13.1 Å². The molecule has 0 aliphatic rings. The molecular weight excluding hydrogens is 294 g/mol. The van der Waals surface area contributed by atoms with Crippen LogP contribution in [0.15, 0.2) is 54.9 Å². The van der Waals surface area contributed by atoms with Gasteiger partial charge in [-0.3, -0.25) is 0 Å². The maximum atomic E-state index is 4.60. The lowest BCUT2D eigenvalue weighted by atomic mass is 10.0. The van der Waals surface area contributed by atoms with Crippen molar-refractivity contribution in [3.05, 3.63) is 77.1 Å². The van der Waals surface area contributed by atoms with E-state index >= 15 is 0 Å².